The Bertz CT molecular complexity index is 424. The number of aliphatic carboxylic acids is 1. The smallest absolute Gasteiger partial charge is 0.309 e. The highest BCUT2D eigenvalue weighted by atomic mass is 19.3. The standard InChI is InChI=1S/C10H12F2N2O3/c1-17-7-4-14-6(2-8(15)16)9(10(11)12)5(7)3-13/h4,10H,2-3,13H2,1H3,(H,15,16). The molecule has 0 radical (unpaired) electrons. The molecular formula is C10H12F2N2O3. The lowest BCUT2D eigenvalue weighted by atomic mass is 10.0. The van der Waals surface area contributed by atoms with Crippen molar-refractivity contribution in [1.82, 2.24) is 4.98 Å². The average molecular weight is 246 g/mol. The van der Waals surface area contributed by atoms with Crippen LogP contribution in [0.25, 0.3) is 0 Å². The zero-order valence-corrected chi connectivity index (χ0v) is 9.11. The van der Waals surface area contributed by atoms with Gasteiger partial charge in [-0.2, -0.15) is 0 Å². The Morgan fingerprint density at radius 1 is 1.65 bits per heavy atom. The van der Waals surface area contributed by atoms with E-state index in [1.54, 1.807) is 0 Å². The molecule has 7 heteroatoms. The first kappa shape index (κ1) is 13.3. The van der Waals surface area contributed by atoms with Gasteiger partial charge in [-0.1, -0.05) is 0 Å². The van der Waals surface area contributed by atoms with Gasteiger partial charge >= 0.3 is 5.97 Å². The number of carboxylic acids is 1. The summed E-state index contributed by atoms with van der Waals surface area (Å²) in [6.07, 6.45) is -2.21. The number of rotatable bonds is 5. The Hall–Kier alpha value is -1.76. The third-order valence-electron chi connectivity index (χ3n) is 2.23. The first-order valence-corrected chi connectivity index (χ1v) is 4.75. The Balaban J connectivity index is 3.36. The van der Waals surface area contributed by atoms with E-state index in [2.05, 4.69) is 4.98 Å². The fraction of sp³-hybridized carbons (Fsp3) is 0.400. The Morgan fingerprint density at radius 2 is 2.29 bits per heavy atom. The van der Waals surface area contributed by atoms with Gasteiger partial charge in [-0.15, -0.1) is 0 Å². The Morgan fingerprint density at radius 3 is 2.71 bits per heavy atom. The second-order valence-corrected chi connectivity index (χ2v) is 3.24. The van der Waals surface area contributed by atoms with Crippen LogP contribution in [0.4, 0.5) is 8.78 Å². The van der Waals surface area contributed by atoms with E-state index in [-0.39, 0.29) is 23.6 Å². The highest BCUT2D eigenvalue weighted by molar-refractivity contribution is 5.70. The van der Waals surface area contributed by atoms with Gasteiger partial charge in [0.15, 0.2) is 0 Å². The van der Waals surface area contributed by atoms with Gasteiger partial charge in [0.05, 0.1) is 25.4 Å². The SMILES string of the molecule is COc1cnc(CC(=O)O)c(C(F)F)c1CN. The van der Waals surface area contributed by atoms with E-state index in [1.807, 2.05) is 0 Å². The fourth-order valence-corrected chi connectivity index (χ4v) is 1.52. The highest BCUT2D eigenvalue weighted by Crippen LogP contribution is 2.31. The lowest BCUT2D eigenvalue weighted by molar-refractivity contribution is -0.136. The number of hydrogen-bond acceptors (Lipinski definition) is 4. The quantitative estimate of drug-likeness (QED) is 0.812. The highest BCUT2D eigenvalue weighted by Gasteiger charge is 2.23. The van der Waals surface area contributed by atoms with E-state index in [1.165, 1.54) is 13.3 Å². The number of alkyl halides is 2. The summed E-state index contributed by atoms with van der Waals surface area (Å²) in [5.74, 6) is -1.09. The number of nitrogens with zero attached hydrogens (tertiary/aromatic N) is 1. The summed E-state index contributed by atoms with van der Waals surface area (Å²) in [4.78, 5) is 14.2. The monoisotopic (exact) mass is 246 g/mol. The van der Waals surface area contributed by atoms with Crippen LogP contribution in [0.5, 0.6) is 5.75 Å². The number of pyridine rings is 1. The topological polar surface area (TPSA) is 85.4 Å². The van der Waals surface area contributed by atoms with Crippen molar-refractivity contribution in [3.05, 3.63) is 23.0 Å². The molecule has 0 unspecified atom stereocenters. The number of methoxy groups -OCH3 is 1. The van der Waals surface area contributed by atoms with E-state index in [0.717, 1.165) is 0 Å². The molecule has 0 aliphatic heterocycles. The number of carbonyl (C=O) groups is 1. The van der Waals surface area contributed by atoms with Crippen LogP contribution in [-0.2, 0) is 17.8 Å². The summed E-state index contributed by atoms with van der Waals surface area (Å²) in [5.41, 5.74) is 4.83. The van der Waals surface area contributed by atoms with Gasteiger partial charge in [0.1, 0.15) is 5.75 Å². The Kier molecular flexibility index (Phi) is 4.33. The van der Waals surface area contributed by atoms with Gasteiger partial charge < -0.3 is 15.6 Å². The van der Waals surface area contributed by atoms with Crippen molar-refractivity contribution in [2.24, 2.45) is 5.73 Å². The van der Waals surface area contributed by atoms with Crippen molar-refractivity contribution >= 4 is 5.97 Å². The molecule has 0 aromatic carbocycles. The molecule has 0 spiro atoms. The van der Waals surface area contributed by atoms with E-state index < -0.39 is 24.4 Å². The van der Waals surface area contributed by atoms with Gasteiger partial charge in [-0.25, -0.2) is 8.78 Å². The van der Waals surface area contributed by atoms with Gasteiger partial charge in [0.25, 0.3) is 6.43 Å². The number of ether oxygens (including phenoxy) is 1. The van der Waals surface area contributed by atoms with Crippen molar-refractivity contribution in [2.45, 2.75) is 19.4 Å². The second kappa shape index (κ2) is 5.53. The molecule has 0 saturated carbocycles. The number of carboxylic acid groups (broad SMARTS) is 1. The third kappa shape index (κ3) is 2.88. The molecule has 0 fully saturated rings. The van der Waals surface area contributed by atoms with E-state index in [4.69, 9.17) is 15.6 Å². The summed E-state index contributed by atoms with van der Waals surface area (Å²) >= 11 is 0. The molecule has 0 atom stereocenters. The van der Waals surface area contributed by atoms with E-state index in [9.17, 15) is 13.6 Å². The van der Waals surface area contributed by atoms with Crippen LogP contribution in [0.1, 0.15) is 23.2 Å². The van der Waals surface area contributed by atoms with E-state index >= 15 is 0 Å². The average Bonchev–Trinajstić information content (AvgIpc) is 2.26. The molecule has 1 heterocycles. The summed E-state index contributed by atoms with van der Waals surface area (Å²) in [6.45, 7) is -0.169. The first-order chi connectivity index (χ1) is 8.01. The zero-order chi connectivity index (χ0) is 13.0. The maximum absolute atomic E-state index is 12.9. The van der Waals surface area contributed by atoms with Gasteiger partial charge in [-0.05, 0) is 0 Å². The van der Waals surface area contributed by atoms with Crippen LogP contribution in [0.15, 0.2) is 6.20 Å². The lowest BCUT2D eigenvalue weighted by Crippen LogP contribution is -2.12. The van der Waals surface area contributed by atoms with Crippen LogP contribution in [0, 0.1) is 0 Å². The molecule has 0 aliphatic carbocycles. The van der Waals surface area contributed by atoms with Crippen molar-refractivity contribution in [2.75, 3.05) is 7.11 Å². The minimum atomic E-state index is -2.84. The van der Waals surface area contributed by atoms with Crippen LogP contribution in [-0.4, -0.2) is 23.2 Å². The second-order valence-electron chi connectivity index (χ2n) is 3.24. The van der Waals surface area contributed by atoms with Crippen molar-refractivity contribution in [3.63, 3.8) is 0 Å². The molecule has 1 rings (SSSR count). The molecule has 1 aromatic heterocycles. The largest absolute Gasteiger partial charge is 0.495 e. The van der Waals surface area contributed by atoms with Crippen molar-refractivity contribution in [1.29, 1.82) is 0 Å². The lowest BCUT2D eigenvalue weighted by Gasteiger charge is -2.14. The van der Waals surface area contributed by atoms with Crippen molar-refractivity contribution < 1.29 is 23.4 Å². The van der Waals surface area contributed by atoms with Crippen LogP contribution < -0.4 is 10.5 Å². The van der Waals surface area contributed by atoms with Gasteiger partial charge in [0.2, 0.25) is 0 Å². The molecule has 1 aromatic rings. The molecule has 94 valence electrons. The first-order valence-electron chi connectivity index (χ1n) is 4.75. The van der Waals surface area contributed by atoms with Crippen LogP contribution in [0.2, 0.25) is 0 Å². The molecular weight excluding hydrogens is 234 g/mol. The maximum Gasteiger partial charge on any atom is 0.309 e. The number of hydrogen-bond donors (Lipinski definition) is 2. The predicted molar refractivity (Wildman–Crippen MR) is 55.0 cm³/mol. The number of aromatic nitrogens is 1. The molecule has 3 N–H and O–H groups in total. The number of halogens is 2. The minimum Gasteiger partial charge on any atom is -0.495 e. The predicted octanol–water partition coefficient (Wildman–Crippen LogP) is 1.11. The van der Waals surface area contributed by atoms with Crippen LogP contribution >= 0.6 is 0 Å². The fourth-order valence-electron chi connectivity index (χ4n) is 1.52. The molecule has 17 heavy (non-hydrogen) atoms. The number of nitrogens with two attached hydrogens (primary N) is 1. The Labute approximate surface area is 96.2 Å². The normalized spacial score (nSPS) is 10.6. The third-order valence-corrected chi connectivity index (χ3v) is 2.23. The summed E-state index contributed by atoms with van der Waals surface area (Å²) in [6, 6.07) is 0. The summed E-state index contributed by atoms with van der Waals surface area (Å²) in [7, 11) is 1.31. The minimum absolute atomic E-state index is 0.0914. The van der Waals surface area contributed by atoms with Crippen LogP contribution in [0.3, 0.4) is 0 Å². The van der Waals surface area contributed by atoms with E-state index in [0.29, 0.717) is 0 Å². The molecule has 0 aliphatic rings. The zero-order valence-electron chi connectivity index (χ0n) is 9.11. The maximum atomic E-state index is 12.9. The van der Waals surface area contributed by atoms with Crippen molar-refractivity contribution in [3.8, 4) is 5.75 Å². The molecule has 0 amide bonds. The van der Waals surface area contributed by atoms with Gasteiger partial charge in [0, 0.05) is 17.7 Å². The van der Waals surface area contributed by atoms with Gasteiger partial charge in [-0.3, -0.25) is 9.78 Å². The summed E-state index contributed by atoms with van der Waals surface area (Å²) < 4.78 is 30.7. The molecule has 0 bridgehead atoms. The molecule has 0 saturated heterocycles. The molecule has 5 nitrogen and oxygen atoms in total. The summed E-state index contributed by atoms with van der Waals surface area (Å²) in [5, 5.41) is 8.62.